The molecule has 30 heavy (non-hydrogen) atoms. The van der Waals surface area contributed by atoms with Gasteiger partial charge in [-0.05, 0) is 26.0 Å². The molecule has 0 unspecified atom stereocenters. The lowest BCUT2D eigenvalue weighted by Crippen LogP contribution is -2.33. The van der Waals surface area contributed by atoms with Crippen LogP contribution in [0.5, 0.6) is 0 Å². The number of hydrogen-bond acceptors (Lipinski definition) is 7. The fraction of sp³-hybridized carbons (Fsp3) is 0.364. The van der Waals surface area contributed by atoms with E-state index in [0.29, 0.717) is 17.9 Å². The molecule has 0 atom stereocenters. The van der Waals surface area contributed by atoms with Gasteiger partial charge < -0.3 is 14.6 Å². The molecule has 2 aromatic heterocycles. The third kappa shape index (κ3) is 4.18. The first-order valence-electron chi connectivity index (χ1n) is 10.1. The molecule has 1 N–H and O–H groups in total. The number of benzene rings is 1. The summed E-state index contributed by atoms with van der Waals surface area (Å²) >= 11 is 0. The van der Waals surface area contributed by atoms with E-state index in [-0.39, 0.29) is 5.82 Å². The van der Waals surface area contributed by atoms with Crippen LogP contribution < -0.4 is 5.32 Å². The van der Waals surface area contributed by atoms with Crippen LogP contribution in [0.15, 0.2) is 34.9 Å². The molecule has 156 valence electrons. The molecule has 1 aliphatic rings. The normalized spacial score (nSPS) is 13.8. The first-order valence-corrected chi connectivity index (χ1v) is 10.1. The third-order valence-corrected chi connectivity index (χ3v) is 5.10. The number of aryl methyl sites for hydroxylation is 1. The number of rotatable bonds is 6. The summed E-state index contributed by atoms with van der Waals surface area (Å²) in [6.07, 6.45) is 1.82. The van der Waals surface area contributed by atoms with Crippen molar-refractivity contribution < 1.29 is 18.8 Å². The zero-order chi connectivity index (χ0) is 21.1. The molecule has 1 aliphatic heterocycles. The van der Waals surface area contributed by atoms with Crippen molar-refractivity contribution in [3.8, 4) is 0 Å². The van der Waals surface area contributed by atoms with Crippen molar-refractivity contribution in [2.45, 2.75) is 33.2 Å². The Bertz CT molecular complexity index is 1090. The molecule has 1 amide bonds. The van der Waals surface area contributed by atoms with Crippen LogP contribution in [-0.2, 0) is 22.5 Å². The van der Waals surface area contributed by atoms with Gasteiger partial charge in [-0.15, -0.1) is 0 Å². The lowest BCUT2D eigenvalue weighted by atomic mass is 9.95. The zero-order valence-corrected chi connectivity index (χ0v) is 17.1. The van der Waals surface area contributed by atoms with Crippen molar-refractivity contribution in [3.05, 3.63) is 52.9 Å². The number of amides is 1. The van der Waals surface area contributed by atoms with Gasteiger partial charge >= 0.3 is 5.97 Å². The van der Waals surface area contributed by atoms with Crippen LogP contribution in [0.1, 0.15) is 40.7 Å². The molecular formula is C22H24N4O4. The van der Waals surface area contributed by atoms with E-state index in [4.69, 9.17) is 14.2 Å². The molecule has 0 aliphatic carbocycles. The number of fused-ring (bicyclic) bond motifs is 2. The predicted octanol–water partition coefficient (Wildman–Crippen LogP) is 3.09. The van der Waals surface area contributed by atoms with Crippen molar-refractivity contribution in [2.75, 3.05) is 25.0 Å². The highest BCUT2D eigenvalue weighted by atomic mass is 16.5. The summed E-state index contributed by atoms with van der Waals surface area (Å²) in [4.78, 5) is 32.3. The Morgan fingerprint density at radius 1 is 1.30 bits per heavy atom. The topological polar surface area (TPSA) is 97.6 Å². The van der Waals surface area contributed by atoms with Crippen LogP contribution in [-0.4, -0.2) is 46.6 Å². The van der Waals surface area contributed by atoms with E-state index >= 15 is 0 Å². The number of pyridine rings is 1. The molecular weight excluding hydrogens is 384 g/mol. The lowest BCUT2D eigenvalue weighted by Gasteiger charge is -2.29. The second-order valence-corrected chi connectivity index (χ2v) is 7.40. The molecule has 0 saturated heterocycles. The molecule has 8 nitrogen and oxygen atoms in total. The quantitative estimate of drug-likeness (QED) is 0.626. The fourth-order valence-electron chi connectivity index (χ4n) is 3.79. The Morgan fingerprint density at radius 2 is 2.13 bits per heavy atom. The highest BCUT2D eigenvalue weighted by molar-refractivity contribution is 6.06. The largest absolute Gasteiger partial charge is 0.452 e. The number of anilines is 1. The van der Waals surface area contributed by atoms with E-state index < -0.39 is 18.5 Å². The summed E-state index contributed by atoms with van der Waals surface area (Å²) in [5.41, 5.74) is 3.08. The molecule has 0 fully saturated rings. The number of nitrogens with one attached hydrogen (secondary N) is 1. The van der Waals surface area contributed by atoms with Gasteiger partial charge in [-0.2, -0.15) is 0 Å². The minimum Gasteiger partial charge on any atom is -0.452 e. The van der Waals surface area contributed by atoms with Crippen LogP contribution >= 0.6 is 0 Å². The number of esters is 1. The molecule has 0 radical (unpaired) electrons. The Morgan fingerprint density at radius 3 is 2.90 bits per heavy atom. The maximum Gasteiger partial charge on any atom is 0.339 e. The third-order valence-electron chi connectivity index (χ3n) is 5.10. The van der Waals surface area contributed by atoms with Gasteiger partial charge in [0.15, 0.2) is 12.4 Å². The van der Waals surface area contributed by atoms with Crippen molar-refractivity contribution in [2.24, 2.45) is 0 Å². The maximum absolute atomic E-state index is 13.1. The summed E-state index contributed by atoms with van der Waals surface area (Å²) in [6.45, 7) is 5.98. The highest BCUT2D eigenvalue weighted by Gasteiger charge is 2.26. The van der Waals surface area contributed by atoms with E-state index in [9.17, 15) is 9.59 Å². The maximum atomic E-state index is 13.1. The van der Waals surface area contributed by atoms with Crippen LogP contribution in [0.2, 0.25) is 0 Å². The van der Waals surface area contributed by atoms with Crippen molar-refractivity contribution >= 4 is 28.6 Å². The molecule has 8 heteroatoms. The zero-order valence-electron chi connectivity index (χ0n) is 17.1. The van der Waals surface area contributed by atoms with Gasteiger partial charge in [0.25, 0.3) is 5.91 Å². The number of aromatic nitrogens is 2. The Labute approximate surface area is 174 Å². The first kappa shape index (κ1) is 20.0. The molecule has 3 heterocycles. The van der Waals surface area contributed by atoms with E-state index in [2.05, 4.69) is 22.3 Å². The predicted molar refractivity (Wildman–Crippen MR) is 111 cm³/mol. The van der Waals surface area contributed by atoms with Gasteiger partial charge in [0.1, 0.15) is 5.76 Å². The number of ether oxygens (including phenoxy) is 1. The first-order chi connectivity index (χ1) is 14.5. The van der Waals surface area contributed by atoms with Gasteiger partial charge in [-0.25, -0.2) is 4.79 Å². The van der Waals surface area contributed by atoms with Crippen molar-refractivity contribution in [1.82, 2.24) is 15.0 Å². The molecule has 1 aromatic carbocycles. The van der Waals surface area contributed by atoms with E-state index in [0.717, 1.165) is 48.1 Å². The molecule has 0 bridgehead atoms. The molecule has 0 saturated carbocycles. The number of carbonyl (C=O) groups is 2. The van der Waals surface area contributed by atoms with Gasteiger partial charge in [-0.3, -0.25) is 14.7 Å². The van der Waals surface area contributed by atoms with Crippen LogP contribution in [0.25, 0.3) is 10.9 Å². The number of hydrogen-bond donors (Lipinski definition) is 1. The Hall–Kier alpha value is -3.26. The highest BCUT2D eigenvalue weighted by Crippen LogP contribution is 2.29. The lowest BCUT2D eigenvalue weighted by molar-refractivity contribution is -0.119. The van der Waals surface area contributed by atoms with Gasteiger partial charge in [0.05, 0.1) is 11.1 Å². The summed E-state index contributed by atoms with van der Waals surface area (Å²) in [7, 11) is 0. The van der Waals surface area contributed by atoms with Crippen LogP contribution in [0, 0.1) is 6.92 Å². The second kappa shape index (κ2) is 8.62. The minimum absolute atomic E-state index is 0.287. The Balaban J connectivity index is 1.58. The van der Waals surface area contributed by atoms with E-state index in [1.54, 1.807) is 13.0 Å². The summed E-state index contributed by atoms with van der Waals surface area (Å²) < 4.78 is 10.3. The summed E-state index contributed by atoms with van der Waals surface area (Å²) in [6, 6.07) is 9.13. The second-order valence-electron chi connectivity index (χ2n) is 7.40. The monoisotopic (exact) mass is 408 g/mol. The van der Waals surface area contributed by atoms with Gasteiger partial charge in [-0.1, -0.05) is 30.3 Å². The number of nitrogens with zero attached hydrogens (tertiary/aromatic N) is 3. The molecule has 0 spiro atoms. The Kier molecular flexibility index (Phi) is 5.76. The fourth-order valence-corrected chi connectivity index (χ4v) is 3.79. The number of para-hydroxylation sites is 1. The molecule has 4 rings (SSSR count). The van der Waals surface area contributed by atoms with Crippen LogP contribution in [0.3, 0.4) is 0 Å². The smallest absolute Gasteiger partial charge is 0.339 e. The average Bonchev–Trinajstić information content (AvgIpc) is 3.15. The summed E-state index contributed by atoms with van der Waals surface area (Å²) in [5, 5.41) is 7.00. The van der Waals surface area contributed by atoms with Crippen molar-refractivity contribution in [3.63, 3.8) is 0 Å². The standard InChI is InChI=1S/C22H24N4O4/c1-3-9-26-10-8-18-16(12-26)21(15-6-4-5-7-17(15)23-18)22(28)29-13-20(27)24-19-11-14(2)30-25-19/h4-7,11H,3,8-10,12-13H2,1-2H3,(H,24,25,27). The summed E-state index contributed by atoms with van der Waals surface area (Å²) in [5.74, 6) is -0.129. The number of carbonyl (C=O) groups excluding carboxylic acids is 2. The van der Waals surface area contributed by atoms with E-state index in [1.165, 1.54) is 0 Å². The molecule has 3 aromatic rings. The van der Waals surface area contributed by atoms with E-state index in [1.807, 2.05) is 24.3 Å². The van der Waals surface area contributed by atoms with Gasteiger partial charge in [0.2, 0.25) is 0 Å². The average molecular weight is 408 g/mol. The van der Waals surface area contributed by atoms with Crippen molar-refractivity contribution in [1.29, 1.82) is 0 Å². The minimum atomic E-state index is -0.519. The van der Waals surface area contributed by atoms with Crippen LogP contribution in [0.4, 0.5) is 5.82 Å². The van der Waals surface area contributed by atoms with Gasteiger partial charge in [0, 0.05) is 42.2 Å². The SMILES string of the molecule is CCCN1CCc2nc3ccccc3c(C(=O)OCC(=O)Nc3cc(C)on3)c2C1.